The van der Waals surface area contributed by atoms with Crippen molar-refractivity contribution in [2.75, 3.05) is 38.0 Å². The maximum Gasteiger partial charge on any atom is 0.224 e. The first-order valence-electron chi connectivity index (χ1n) is 8.75. The van der Waals surface area contributed by atoms with E-state index in [-0.39, 0.29) is 5.91 Å². The van der Waals surface area contributed by atoms with Gasteiger partial charge in [0.2, 0.25) is 5.91 Å². The predicted molar refractivity (Wildman–Crippen MR) is 103 cm³/mol. The van der Waals surface area contributed by atoms with E-state index in [0.717, 1.165) is 38.4 Å². The van der Waals surface area contributed by atoms with E-state index in [1.165, 1.54) is 5.56 Å². The zero-order valence-electron chi connectivity index (χ0n) is 14.3. The van der Waals surface area contributed by atoms with Crippen molar-refractivity contribution in [1.29, 1.82) is 0 Å². The van der Waals surface area contributed by atoms with Crippen LogP contribution in [-0.4, -0.2) is 48.4 Å². The molecule has 5 heteroatoms. The highest BCUT2D eigenvalue weighted by molar-refractivity contribution is 6.33. The summed E-state index contributed by atoms with van der Waals surface area (Å²) in [5, 5.41) is 3.92. The maximum absolute atomic E-state index is 12.4. The number of halogens is 1. The summed E-state index contributed by atoms with van der Waals surface area (Å²) in [6, 6.07) is 18.1. The van der Waals surface area contributed by atoms with Crippen LogP contribution in [0.3, 0.4) is 0 Å². The monoisotopic (exact) mass is 357 g/mol. The molecule has 4 nitrogen and oxygen atoms in total. The van der Waals surface area contributed by atoms with Crippen molar-refractivity contribution in [2.45, 2.75) is 13.0 Å². The van der Waals surface area contributed by atoms with Gasteiger partial charge in [0.25, 0.3) is 0 Å². The number of nitrogens with zero attached hydrogens (tertiary/aromatic N) is 2. The van der Waals surface area contributed by atoms with Crippen LogP contribution in [0.1, 0.15) is 12.0 Å². The summed E-state index contributed by atoms with van der Waals surface area (Å²) >= 11 is 6.11. The van der Waals surface area contributed by atoms with Gasteiger partial charge in [-0.1, -0.05) is 54.1 Å². The van der Waals surface area contributed by atoms with E-state index in [2.05, 4.69) is 34.5 Å². The summed E-state index contributed by atoms with van der Waals surface area (Å²) < 4.78 is 0. The Bertz CT molecular complexity index is 684. The van der Waals surface area contributed by atoms with Gasteiger partial charge >= 0.3 is 0 Å². The molecule has 0 aromatic heterocycles. The molecule has 1 aliphatic rings. The summed E-state index contributed by atoms with van der Waals surface area (Å²) in [5.41, 5.74) is 2.20. The van der Waals surface area contributed by atoms with Crippen molar-refractivity contribution in [3.8, 4) is 0 Å². The first-order chi connectivity index (χ1) is 12.2. The fourth-order valence-corrected chi connectivity index (χ4v) is 3.27. The van der Waals surface area contributed by atoms with Gasteiger partial charge in [-0.05, 0) is 17.7 Å². The molecule has 1 saturated heterocycles. The molecule has 1 N–H and O–H groups in total. The number of hydrogen-bond donors (Lipinski definition) is 1. The van der Waals surface area contributed by atoms with Crippen molar-refractivity contribution in [1.82, 2.24) is 9.80 Å². The van der Waals surface area contributed by atoms with Crippen molar-refractivity contribution in [3.05, 3.63) is 65.2 Å². The molecule has 0 atom stereocenters. The van der Waals surface area contributed by atoms with Crippen molar-refractivity contribution in [3.63, 3.8) is 0 Å². The molecule has 1 aliphatic heterocycles. The summed E-state index contributed by atoms with van der Waals surface area (Å²) in [6.45, 7) is 5.02. The van der Waals surface area contributed by atoms with Crippen LogP contribution < -0.4 is 5.32 Å². The number of carbonyl (C=O) groups excluding carboxylic acids is 1. The summed E-state index contributed by atoms with van der Waals surface area (Å²) in [6.07, 6.45) is 0.490. The SMILES string of the molecule is O=C(CCNc1ccccc1Cl)N1CCN(Cc2ccccc2)CC1. The molecule has 1 amide bonds. The number of amides is 1. The van der Waals surface area contributed by atoms with Gasteiger partial charge in [-0.2, -0.15) is 0 Å². The zero-order valence-corrected chi connectivity index (χ0v) is 15.1. The third-order valence-corrected chi connectivity index (χ3v) is 4.83. The van der Waals surface area contributed by atoms with Crippen molar-refractivity contribution in [2.24, 2.45) is 0 Å². The molecule has 0 spiro atoms. The van der Waals surface area contributed by atoms with Gasteiger partial charge in [0.1, 0.15) is 0 Å². The lowest BCUT2D eigenvalue weighted by Gasteiger charge is -2.34. The molecule has 3 rings (SSSR count). The standard InChI is InChI=1S/C20H24ClN3O/c21-18-8-4-5-9-19(18)22-11-10-20(25)24-14-12-23(13-15-24)16-17-6-2-1-3-7-17/h1-9,22H,10-16H2. The number of carbonyl (C=O) groups is 1. The molecule has 1 heterocycles. The van der Waals surface area contributed by atoms with Gasteiger partial charge in [0.05, 0.1) is 10.7 Å². The number of anilines is 1. The van der Waals surface area contributed by atoms with Crippen LogP contribution in [-0.2, 0) is 11.3 Å². The van der Waals surface area contributed by atoms with Gasteiger partial charge in [0.15, 0.2) is 0 Å². The van der Waals surface area contributed by atoms with E-state index in [0.29, 0.717) is 18.0 Å². The van der Waals surface area contributed by atoms with Crippen LogP contribution in [0.25, 0.3) is 0 Å². The number of nitrogens with one attached hydrogen (secondary N) is 1. The molecule has 2 aromatic rings. The smallest absolute Gasteiger partial charge is 0.224 e. The molecular formula is C20H24ClN3O. The Kier molecular flexibility index (Phi) is 6.31. The molecule has 25 heavy (non-hydrogen) atoms. The minimum Gasteiger partial charge on any atom is -0.383 e. The fourth-order valence-electron chi connectivity index (χ4n) is 3.06. The van der Waals surface area contributed by atoms with Crippen molar-refractivity contribution < 1.29 is 4.79 Å². The largest absolute Gasteiger partial charge is 0.383 e. The molecule has 0 aliphatic carbocycles. The molecular weight excluding hydrogens is 334 g/mol. The van der Waals surface area contributed by atoms with E-state index >= 15 is 0 Å². The summed E-state index contributed by atoms with van der Waals surface area (Å²) in [7, 11) is 0. The molecule has 0 radical (unpaired) electrons. The van der Waals surface area contributed by atoms with E-state index in [1.807, 2.05) is 35.2 Å². The lowest BCUT2D eigenvalue weighted by Crippen LogP contribution is -2.48. The molecule has 1 fully saturated rings. The summed E-state index contributed by atoms with van der Waals surface area (Å²) in [4.78, 5) is 16.7. The number of benzene rings is 2. The maximum atomic E-state index is 12.4. The minimum absolute atomic E-state index is 0.207. The molecule has 0 bridgehead atoms. The topological polar surface area (TPSA) is 35.6 Å². The van der Waals surface area contributed by atoms with E-state index in [9.17, 15) is 4.79 Å². The van der Waals surface area contributed by atoms with Crippen LogP contribution in [0.5, 0.6) is 0 Å². The van der Waals surface area contributed by atoms with Crippen molar-refractivity contribution >= 4 is 23.2 Å². The second-order valence-corrected chi connectivity index (χ2v) is 6.71. The fraction of sp³-hybridized carbons (Fsp3) is 0.350. The lowest BCUT2D eigenvalue weighted by atomic mass is 10.2. The van der Waals surface area contributed by atoms with E-state index in [4.69, 9.17) is 11.6 Å². The van der Waals surface area contributed by atoms with E-state index in [1.54, 1.807) is 0 Å². The zero-order chi connectivity index (χ0) is 17.5. The number of hydrogen-bond acceptors (Lipinski definition) is 3. The summed E-state index contributed by atoms with van der Waals surface area (Å²) in [5.74, 6) is 0.207. The molecule has 132 valence electrons. The minimum atomic E-state index is 0.207. The third-order valence-electron chi connectivity index (χ3n) is 4.50. The predicted octanol–water partition coefficient (Wildman–Crippen LogP) is 3.49. The van der Waals surface area contributed by atoms with Crippen LogP contribution in [0.15, 0.2) is 54.6 Å². The number of piperazine rings is 1. The second-order valence-electron chi connectivity index (χ2n) is 6.30. The molecule has 0 saturated carbocycles. The second kappa shape index (κ2) is 8.88. The van der Waals surface area contributed by atoms with Gasteiger partial charge < -0.3 is 10.2 Å². The highest BCUT2D eigenvalue weighted by atomic mass is 35.5. The Labute approximate surface area is 154 Å². The Morgan fingerprint density at radius 2 is 1.64 bits per heavy atom. The Balaban J connectivity index is 1.39. The first kappa shape index (κ1) is 17.8. The van der Waals surface area contributed by atoms with E-state index < -0.39 is 0 Å². The van der Waals surface area contributed by atoms with Crippen LogP contribution in [0.4, 0.5) is 5.69 Å². The Hall–Kier alpha value is -2.04. The molecule has 2 aromatic carbocycles. The van der Waals surface area contributed by atoms with Gasteiger partial charge in [-0.15, -0.1) is 0 Å². The highest BCUT2D eigenvalue weighted by Crippen LogP contribution is 2.20. The van der Waals surface area contributed by atoms with Gasteiger partial charge in [-0.3, -0.25) is 9.69 Å². The van der Waals surface area contributed by atoms with Gasteiger partial charge in [0, 0.05) is 45.7 Å². The third kappa shape index (κ3) is 5.21. The number of rotatable bonds is 6. The average molecular weight is 358 g/mol. The molecule has 0 unspecified atom stereocenters. The normalized spacial score (nSPS) is 15.2. The van der Waals surface area contributed by atoms with Gasteiger partial charge in [-0.25, -0.2) is 0 Å². The van der Waals surface area contributed by atoms with Crippen LogP contribution in [0.2, 0.25) is 5.02 Å². The van der Waals surface area contributed by atoms with Crippen LogP contribution >= 0.6 is 11.6 Å². The first-order valence-corrected chi connectivity index (χ1v) is 9.12. The highest BCUT2D eigenvalue weighted by Gasteiger charge is 2.20. The Morgan fingerprint density at radius 1 is 0.960 bits per heavy atom. The average Bonchev–Trinajstić information content (AvgIpc) is 2.65. The lowest BCUT2D eigenvalue weighted by molar-refractivity contribution is -0.132. The quantitative estimate of drug-likeness (QED) is 0.859. The van der Waals surface area contributed by atoms with Crippen LogP contribution in [0, 0.1) is 0 Å². The Morgan fingerprint density at radius 3 is 2.36 bits per heavy atom. The number of para-hydroxylation sites is 1.